The Morgan fingerprint density at radius 3 is 2.58 bits per heavy atom. The Balaban J connectivity index is 1.91. The summed E-state index contributed by atoms with van der Waals surface area (Å²) in [6, 6.07) is 0. The van der Waals surface area contributed by atoms with Gasteiger partial charge in [-0.05, 0) is 19.3 Å². The molecule has 1 aromatic rings. The van der Waals surface area contributed by atoms with Gasteiger partial charge >= 0.3 is 4.87 Å². The highest BCUT2D eigenvalue weighted by molar-refractivity contribution is 7.91. The topological polar surface area (TPSA) is 79.0 Å². The number of hydrogen-bond acceptors (Lipinski definition) is 4. The number of hydrogen-bond donors (Lipinski definition) is 2. The van der Waals surface area contributed by atoms with E-state index in [9.17, 15) is 13.2 Å². The number of aryl methyl sites for hydroxylation is 1. The molecule has 2 rings (SSSR count). The molecule has 2 N–H and O–H groups in total. The Labute approximate surface area is 117 Å². The largest absolute Gasteiger partial charge is 0.315 e. The first-order valence-electron chi connectivity index (χ1n) is 6.68. The molecule has 0 aliphatic heterocycles. The Morgan fingerprint density at radius 2 is 2.00 bits per heavy atom. The number of aromatic nitrogens is 1. The van der Waals surface area contributed by atoms with Crippen LogP contribution in [0.1, 0.15) is 44.2 Å². The summed E-state index contributed by atoms with van der Waals surface area (Å²) in [5, 5.41) is 0. The van der Waals surface area contributed by atoms with Gasteiger partial charge in [0.05, 0.1) is 0 Å². The van der Waals surface area contributed by atoms with E-state index in [2.05, 4.69) is 9.71 Å². The summed E-state index contributed by atoms with van der Waals surface area (Å²) in [4.78, 5) is 13.3. The molecule has 0 amide bonds. The van der Waals surface area contributed by atoms with Crippen molar-refractivity contribution in [2.75, 3.05) is 6.54 Å². The van der Waals surface area contributed by atoms with Gasteiger partial charge in [0.25, 0.3) is 10.0 Å². The van der Waals surface area contributed by atoms with Crippen molar-refractivity contribution in [3.05, 3.63) is 15.4 Å². The molecule has 1 aliphatic carbocycles. The second-order valence-electron chi connectivity index (χ2n) is 5.12. The highest BCUT2D eigenvalue weighted by Crippen LogP contribution is 2.26. The smallest absolute Gasteiger partial charge is 0.305 e. The molecule has 1 heterocycles. The third-order valence-electron chi connectivity index (χ3n) is 3.59. The van der Waals surface area contributed by atoms with Crippen LogP contribution in [0.4, 0.5) is 0 Å². The molecule has 0 spiro atoms. The van der Waals surface area contributed by atoms with E-state index in [-0.39, 0.29) is 9.08 Å². The van der Waals surface area contributed by atoms with E-state index in [0.717, 1.165) is 17.8 Å². The van der Waals surface area contributed by atoms with Crippen molar-refractivity contribution >= 4 is 21.4 Å². The van der Waals surface area contributed by atoms with Crippen molar-refractivity contribution in [3.63, 3.8) is 0 Å². The molecule has 1 aromatic heterocycles. The molecule has 1 saturated carbocycles. The average molecular weight is 304 g/mol. The van der Waals surface area contributed by atoms with Gasteiger partial charge in [0.1, 0.15) is 0 Å². The SMILES string of the molecule is Cc1[nH]c(=O)sc1S(=O)(=O)NCCC1CCCCC1. The second kappa shape index (κ2) is 6.19. The van der Waals surface area contributed by atoms with E-state index in [0.29, 0.717) is 18.2 Å². The van der Waals surface area contributed by atoms with E-state index in [4.69, 9.17) is 0 Å². The lowest BCUT2D eigenvalue weighted by Gasteiger charge is -2.21. The normalized spacial score (nSPS) is 17.7. The van der Waals surface area contributed by atoms with Gasteiger partial charge in [0.15, 0.2) is 4.21 Å². The molecule has 0 saturated heterocycles. The zero-order chi connectivity index (χ0) is 13.9. The molecule has 1 aliphatic rings. The molecule has 0 atom stereocenters. The van der Waals surface area contributed by atoms with Gasteiger partial charge in [-0.1, -0.05) is 43.4 Å². The van der Waals surface area contributed by atoms with Crippen LogP contribution in [0.5, 0.6) is 0 Å². The minimum atomic E-state index is -3.53. The number of H-pyrrole nitrogens is 1. The van der Waals surface area contributed by atoms with Gasteiger partial charge in [-0.3, -0.25) is 4.79 Å². The van der Waals surface area contributed by atoms with Crippen LogP contribution in [0, 0.1) is 12.8 Å². The van der Waals surface area contributed by atoms with Crippen LogP contribution >= 0.6 is 11.3 Å². The zero-order valence-corrected chi connectivity index (χ0v) is 12.7. The number of nitrogens with one attached hydrogen (secondary N) is 2. The van der Waals surface area contributed by atoms with Crippen molar-refractivity contribution in [2.45, 2.75) is 49.7 Å². The molecule has 0 unspecified atom stereocenters. The van der Waals surface area contributed by atoms with Crippen molar-refractivity contribution < 1.29 is 8.42 Å². The number of aromatic amines is 1. The standard InChI is InChI=1S/C12H20N2O3S2/c1-9-11(18-12(15)14-9)19(16,17)13-8-7-10-5-3-2-4-6-10/h10,13H,2-8H2,1H3,(H,14,15). The molecule has 7 heteroatoms. The van der Waals surface area contributed by atoms with Crippen molar-refractivity contribution in [1.82, 2.24) is 9.71 Å². The van der Waals surface area contributed by atoms with Gasteiger partial charge < -0.3 is 4.98 Å². The van der Waals surface area contributed by atoms with Crippen LogP contribution in [-0.4, -0.2) is 19.9 Å². The second-order valence-corrected chi connectivity index (χ2v) is 8.06. The molecule has 108 valence electrons. The molecule has 19 heavy (non-hydrogen) atoms. The van der Waals surface area contributed by atoms with Crippen LogP contribution in [-0.2, 0) is 10.0 Å². The first-order valence-corrected chi connectivity index (χ1v) is 8.98. The van der Waals surface area contributed by atoms with Gasteiger partial charge in [0.2, 0.25) is 0 Å². The fourth-order valence-electron chi connectivity index (χ4n) is 2.59. The average Bonchev–Trinajstić information content (AvgIpc) is 2.70. The number of rotatable bonds is 5. The molecule has 0 aromatic carbocycles. The first kappa shape index (κ1) is 14.7. The summed E-state index contributed by atoms with van der Waals surface area (Å²) >= 11 is 0.746. The summed E-state index contributed by atoms with van der Waals surface area (Å²) in [6.45, 7) is 2.06. The summed E-state index contributed by atoms with van der Waals surface area (Å²) in [7, 11) is -3.53. The summed E-state index contributed by atoms with van der Waals surface area (Å²) in [6.07, 6.45) is 7.12. The fourth-order valence-corrected chi connectivity index (χ4v) is 4.98. The minimum Gasteiger partial charge on any atom is -0.315 e. The highest BCUT2D eigenvalue weighted by Gasteiger charge is 2.21. The van der Waals surface area contributed by atoms with Gasteiger partial charge in [-0.25, -0.2) is 13.1 Å². The number of thiazole rings is 1. The van der Waals surface area contributed by atoms with Crippen molar-refractivity contribution in [2.24, 2.45) is 5.92 Å². The lowest BCUT2D eigenvalue weighted by Crippen LogP contribution is -2.26. The molecule has 0 radical (unpaired) electrons. The van der Waals surface area contributed by atoms with Crippen LogP contribution < -0.4 is 9.60 Å². The maximum atomic E-state index is 12.0. The summed E-state index contributed by atoms with van der Waals surface area (Å²) in [5.41, 5.74) is 0.417. The van der Waals surface area contributed by atoms with E-state index in [1.54, 1.807) is 6.92 Å². The summed E-state index contributed by atoms with van der Waals surface area (Å²) < 4.78 is 26.8. The lowest BCUT2D eigenvalue weighted by molar-refractivity contribution is 0.340. The molecule has 1 fully saturated rings. The summed E-state index contributed by atoms with van der Waals surface area (Å²) in [5.74, 6) is 0.641. The zero-order valence-electron chi connectivity index (χ0n) is 11.1. The quantitative estimate of drug-likeness (QED) is 0.873. The van der Waals surface area contributed by atoms with Gasteiger partial charge in [-0.15, -0.1) is 0 Å². The predicted molar refractivity (Wildman–Crippen MR) is 76.1 cm³/mol. The van der Waals surface area contributed by atoms with E-state index < -0.39 is 10.0 Å². The van der Waals surface area contributed by atoms with Crippen LogP contribution in [0.15, 0.2) is 9.00 Å². The van der Waals surface area contributed by atoms with E-state index >= 15 is 0 Å². The molecule has 5 nitrogen and oxygen atoms in total. The Kier molecular flexibility index (Phi) is 4.81. The molecule has 0 bridgehead atoms. The third kappa shape index (κ3) is 3.90. The highest BCUT2D eigenvalue weighted by atomic mass is 32.2. The van der Waals surface area contributed by atoms with Crippen molar-refractivity contribution in [1.29, 1.82) is 0 Å². The van der Waals surface area contributed by atoms with Crippen LogP contribution in [0.25, 0.3) is 0 Å². The van der Waals surface area contributed by atoms with E-state index in [1.165, 1.54) is 32.1 Å². The maximum absolute atomic E-state index is 12.0. The van der Waals surface area contributed by atoms with Crippen LogP contribution in [0.2, 0.25) is 0 Å². The first-order chi connectivity index (χ1) is 8.99. The number of sulfonamides is 1. The maximum Gasteiger partial charge on any atom is 0.305 e. The van der Waals surface area contributed by atoms with Gasteiger partial charge in [0, 0.05) is 12.2 Å². The monoisotopic (exact) mass is 304 g/mol. The van der Waals surface area contributed by atoms with Crippen molar-refractivity contribution in [3.8, 4) is 0 Å². The minimum absolute atomic E-state index is 0.112. The van der Waals surface area contributed by atoms with E-state index in [1.807, 2.05) is 0 Å². The Morgan fingerprint density at radius 1 is 1.32 bits per heavy atom. The fraction of sp³-hybridized carbons (Fsp3) is 0.750. The Hall–Kier alpha value is -0.660. The lowest BCUT2D eigenvalue weighted by atomic mass is 9.87. The van der Waals surface area contributed by atoms with Gasteiger partial charge in [-0.2, -0.15) is 0 Å². The van der Waals surface area contributed by atoms with Crippen LogP contribution in [0.3, 0.4) is 0 Å². The molecular formula is C12H20N2O3S2. The molecular weight excluding hydrogens is 284 g/mol. The third-order valence-corrected chi connectivity index (χ3v) is 6.66. The Bertz CT molecular complexity index is 568. The predicted octanol–water partition coefficient (Wildman–Crippen LogP) is 1.99.